The number of nitrogen functional groups attached to an aromatic ring is 1. The van der Waals surface area contributed by atoms with E-state index in [2.05, 4.69) is 22.1 Å². The number of nitrogens with zero attached hydrogens (tertiary/aromatic N) is 2. The molecule has 4 rings (SSSR count). The van der Waals surface area contributed by atoms with Gasteiger partial charge in [-0.05, 0) is 94.5 Å². The summed E-state index contributed by atoms with van der Waals surface area (Å²) in [5, 5.41) is 4.56. The van der Waals surface area contributed by atoms with Crippen molar-refractivity contribution in [2.45, 2.75) is 76.8 Å². The number of amides is 1. The third kappa shape index (κ3) is 6.83. The summed E-state index contributed by atoms with van der Waals surface area (Å²) in [7, 11) is 0. The van der Waals surface area contributed by atoms with E-state index in [1.807, 2.05) is 24.3 Å². The monoisotopic (exact) mass is 500 g/mol. The van der Waals surface area contributed by atoms with Gasteiger partial charge in [-0.2, -0.15) is 0 Å². The molecule has 1 saturated carbocycles. The summed E-state index contributed by atoms with van der Waals surface area (Å²) in [5.41, 5.74) is 8.05. The highest BCUT2D eigenvalue weighted by Gasteiger charge is 2.28. The van der Waals surface area contributed by atoms with Crippen molar-refractivity contribution in [3.8, 4) is 0 Å². The first-order valence-electron chi connectivity index (χ1n) is 12.7. The highest BCUT2D eigenvalue weighted by molar-refractivity contribution is 7.15. The van der Waals surface area contributed by atoms with Crippen molar-refractivity contribution in [2.24, 2.45) is 5.92 Å². The predicted molar refractivity (Wildman–Crippen MR) is 143 cm³/mol. The zero-order valence-electron chi connectivity index (χ0n) is 20.1. The van der Waals surface area contributed by atoms with Crippen molar-refractivity contribution >= 4 is 40.1 Å². The van der Waals surface area contributed by atoms with Crippen molar-refractivity contribution < 1.29 is 4.79 Å². The van der Waals surface area contributed by atoms with Crippen LogP contribution in [0.1, 0.15) is 68.0 Å². The number of aromatic nitrogens is 1. The Kier molecular flexibility index (Phi) is 9.04. The van der Waals surface area contributed by atoms with Crippen LogP contribution in [0.2, 0.25) is 5.02 Å². The third-order valence-corrected chi connectivity index (χ3v) is 8.59. The highest BCUT2D eigenvalue weighted by Crippen LogP contribution is 2.32. The van der Waals surface area contributed by atoms with Gasteiger partial charge in [-0.25, -0.2) is 4.98 Å². The molecule has 1 amide bonds. The maximum Gasteiger partial charge on any atom is 0.244 e. The molecule has 34 heavy (non-hydrogen) atoms. The SMILES string of the molecule is CCCN(CCC1CCC(NC(=O)/C=C/c2ccccc2Cl)CC1)C1CCc2nc(N)sc2C1. The van der Waals surface area contributed by atoms with Crippen molar-refractivity contribution in [1.29, 1.82) is 0 Å². The number of rotatable bonds is 9. The fourth-order valence-electron chi connectivity index (χ4n) is 5.42. The quantitative estimate of drug-likeness (QED) is 0.431. The largest absolute Gasteiger partial charge is 0.375 e. The number of nitrogens with one attached hydrogen (secondary N) is 1. The summed E-state index contributed by atoms with van der Waals surface area (Å²) in [6.07, 6.45) is 13.7. The lowest BCUT2D eigenvalue weighted by Gasteiger charge is -2.36. The predicted octanol–water partition coefficient (Wildman–Crippen LogP) is 5.73. The summed E-state index contributed by atoms with van der Waals surface area (Å²) >= 11 is 7.84. The Bertz CT molecular complexity index is 983. The van der Waals surface area contributed by atoms with E-state index in [0.29, 0.717) is 11.1 Å². The standard InChI is InChI=1S/C27H37ClN4OS/c1-2-16-32(22-12-13-24-25(18-22)34-27(29)31-24)17-15-19-7-10-21(11-8-19)30-26(33)14-9-20-5-3-4-6-23(20)28/h3-6,9,14,19,21-22H,2,7-8,10-13,15-18H2,1H3,(H2,29,31)(H,30,33)/b14-9+. The van der Waals surface area contributed by atoms with Gasteiger partial charge >= 0.3 is 0 Å². The molecule has 0 saturated heterocycles. The van der Waals surface area contributed by atoms with Gasteiger partial charge in [0.2, 0.25) is 5.91 Å². The van der Waals surface area contributed by atoms with Crippen LogP contribution in [0.5, 0.6) is 0 Å². The van der Waals surface area contributed by atoms with Gasteiger partial charge in [0.05, 0.1) is 5.69 Å². The van der Waals surface area contributed by atoms with Crippen LogP contribution in [0.3, 0.4) is 0 Å². The Labute approximate surface area is 212 Å². The number of thiazole rings is 1. The average molecular weight is 501 g/mol. The smallest absolute Gasteiger partial charge is 0.244 e. The van der Waals surface area contributed by atoms with E-state index in [0.717, 1.165) is 48.8 Å². The Balaban J connectivity index is 1.20. The van der Waals surface area contributed by atoms with E-state index >= 15 is 0 Å². The summed E-state index contributed by atoms with van der Waals surface area (Å²) < 4.78 is 0. The van der Waals surface area contributed by atoms with E-state index in [-0.39, 0.29) is 11.9 Å². The van der Waals surface area contributed by atoms with Crippen molar-refractivity contribution in [1.82, 2.24) is 15.2 Å². The van der Waals surface area contributed by atoms with E-state index < -0.39 is 0 Å². The van der Waals surface area contributed by atoms with Gasteiger partial charge in [0.25, 0.3) is 0 Å². The van der Waals surface area contributed by atoms with Gasteiger partial charge in [-0.3, -0.25) is 4.79 Å². The second-order valence-corrected chi connectivity index (χ2v) is 11.2. The van der Waals surface area contributed by atoms with E-state index in [1.54, 1.807) is 23.5 Å². The molecule has 0 aliphatic heterocycles. The normalized spacial score (nSPS) is 22.7. The Hall–Kier alpha value is -1.89. The molecule has 1 heterocycles. The number of benzene rings is 1. The van der Waals surface area contributed by atoms with E-state index in [9.17, 15) is 4.79 Å². The number of carbonyl (C=O) groups excluding carboxylic acids is 1. The van der Waals surface area contributed by atoms with Crippen molar-refractivity contribution in [2.75, 3.05) is 18.8 Å². The minimum Gasteiger partial charge on any atom is -0.375 e. The maximum atomic E-state index is 12.4. The summed E-state index contributed by atoms with van der Waals surface area (Å²) in [4.78, 5) is 21.0. The molecule has 1 aromatic heterocycles. The second kappa shape index (κ2) is 12.2. The average Bonchev–Trinajstić information content (AvgIpc) is 3.21. The molecule has 0 bridgehead atoms. The fraction of sp³-hybridized carbons (Fsp3) is 0.556. The first-order chi connectivity index (χ1) is 16.5. The summed E-state index contributed by atoms with van der Waals surface area (Å²) in [5.74, 6) is 0.724. The highest BCUT2D eigenvalue weighted by atomic mass is 35.5. The zero-order valence-corrected chi connectivity index (χ0v) is 21.7. The van der Waals surface area contributed by atoms with E-state index in [1.165, 1.54) is 49.2 Å². The molecule has 7 heteroatoms. The summed E-state index contributed by atoms with van der Waals surface area (Å²) in [6, 6.07) is 8.46. The number of halogens is 1. The molecule has 1 atom stereocenters. The van der Waals surface area contributed by atoms with Crippen LogP contribution in [-0.2, 0) is 17.6 Å². The van der Waals surface area contributed by atoms with Crippen LogP contribution >= 0.6 is 22.9 Å². The molecule has 0 radical (unpaired) electrons. The van der Waals surface area contributed by atoms with Gasteiger partial charge in [0.1, 0.15) is 0 Å². The number of carbonyl (C=O) groups is 1. The Morgan fingerprint density at radius 2 is 2.03 bits per heavy atom. The number of fused-ring (bicyclic) bond motifs is 1. The van der Waals surface area contributed by atoms with Crippen LogP contribution in [0.15, 0.2) is 30.3 Å². The maximum absolute atomic E-state index is 12.4. The Morgan fingerprint density at radius 3 is 2.79 bits per heavy atom. The molecule has 1 fully saturated rings. The fourth-order valence-corrected chi connectivity index (χ4v) is 6.57. The molecule has 3 N–H and O–H groups in total. The number of hydrogen-bond donors (Lipinski definition) is 2. The van der Waals surface area contributed by atoms with Gasteiger partial charge in [0, 0.05) is 28.1 Å². The van der Waals surface area contributed by atoms with Gasteiger partial charge in [0.15, 0.2) is 5.13 Å². The molecule has 1 aromatic carbocycles. The first kappa shape index (κ1) is 25.2. The molecular weight excluding hydrogens is 464 g/mol. The van der Waals surface area contributed by atoms with Crippen LogP contribution in [-0.4, -0.2) is 41.0 Å². The van der Waals surface area contributed by atoms with Crippen molar-refractivity contribution in [3.63, 3.8) is 0 Å². The van der Waals surface area contributed by atoms with Gasteiger partial charge < -0.3 is 16.0 Å². The lowest BCUT2D eigenvalue weighted by molar-refractivity contribution is -0.117. The second-order valence-electron chi connectivity index (χ2n) is 9.72. The molecule has 184 valence electrons. The van der Waals surface area contributed by atoms with Crippen LogP contribution in [0, 0.1) is 5.92 Å². The first-order valence-corrected chi connectivity index (χ1v) is 13.9. The van der Waals surface area contributed by atoms with Crippen molar-refractivity contribution in [3.05, 3.63) is 51.5 Å². The summed E-state index contributed by atoms with van der Waals surface area (Å²) in [6.45, 7) is 4.61. The zero-order chi connectivity index (χ0) is 23.9. The molecule has 1 unspecified atom stereocenters. The topological polar surface area (TPSA) is 71.2 Å². The minimum atomic E-state index is -0.0298. The number of hydrogen-bond acceptors (Lipinski definition) is 5. The third-order valence-electron chi connectivity index (χ3n) is 7.29. The Morgan fingerprint density at radius 1 is 1.24 bits per heavy atom. The minimum absolute atomic E-state index is 0.0298. The molecule has 2 aromatic rings. The molecular formula is C27H37ClN4OS. The van der Waals surface area contributed by atoms with Crippen LogP contribution < -0.4 is 11.1 Å². The lowest BCUT2D eigenvalue weighted by atomic mass is 9.83. The number of anilines is 1. The van der Waals surface area contributed by atoms with E-state index in [4.69, 9.17) is 17.3 Å². The molecule has 2 aliphatic carbocycles. The van der Waals surface area contributed by atoms with Gasteiger partial charge in [-0.15, -0.1) is 11.3 Å². The number of aryl methyl sites for hydroxylation is 1. The lowest BCUT2D eigenvalue weighted by Crippen LogP contribution is -2.41. The van der Waals surface area contributed by atoms with Gasteiger partial charge in [-0.1, -0.05) is 36.7 Å². The van der Waals surface area contributed by atoms with Crippen LogP contribution in [0.25, 0.3) is 6.08 Å². The number of nitrogens with two attached hydrogens (primary N) is 1. The molecule has 5 nitrogen and oxygen atoms in total. The molecule has 2 aliphatic rings. The molecule has 0 spiro atoms. The van der Waals surface area contributed by atoms with Crippen LogP contribution in [0.4, 0.5) is 5.13 Å².